The summed E-state index contributed by atoms with van der Waals surface area (Å²) < 4.78 is 63.6. The number of nitrogens with one attached hydrogen (secondary N) is 1. The fraction of sp³-hybridized carbons (Fsp3) is 0.364. The Kier molecular flexibility index (Phi) is 4.10. The Morgan fingerprint density at radius 3 is 2.71 bits per heavy atom. The molecule has 0 spiro atoms. The van der Waals surface area contributed by atoms with Gasteiger partial charge in [-0.3, -0.25) is 4.40 Å². The van der Waals surface area contributed by atoms with E-state index in [1.807, 2.05) is 0 Å². The molecule has 0 aliphatic carbocycles. The number of nitrogen functional groups attached to an aromatic ring is 1. The zero-order valence-corrected chi connectivity index (χ0v) is 11.6. The standard InChI is InChI=1S/C11H13F3N4O2S/c12-11(13,14)5-3-6-16-21(19,20)10-9(15)17-8-4-1-2-7-18(8)10/h1-2,4,7,16H,3,5-6,15H2. The van der Waals surface area contributed by atoms with Gasteiger partial charge in [0.25, 0.3) is 10.0 Å². The van der Waals surface area contributed by atoms with Crippen LogP contribution in [0.5, 0.6) is 0 Å². The average Bonchev–Trinajstić information content (AvgIpc) is 2.70. The van der Waals surface area contributed by atoms with Crippen molar-refractivity contribution in [2.75, 3.05) is 12.3 Å². The van der Waals surface area contributed by atoms with Crippen molar-refractivity contribution >= 4 is 21.5 Å². The zero-order valence-electron chi connectivity index (χ0n) is 10.8. The Morgan fingerprint density at radius 1 is 1.33 bits per heavy atom. The Balaban J connectivity index is 2.17. The van der Waals surface area contributed by atoms with Crippen LogP contribution in [-0.4, -0.2) is 30.5 Å². The number of hydrogen-bond donors (Lipinski definition) is 2. The summed E-state index contributed by atoms with van der Waals surface area (Å²) in [7, 11) is -4.03. The Labute approximate surface area is 118 Å². The number of fused-ring (bicyclic) bond motifs is 1. The molecule has 3 N–H and O–H groups in total. The second-order valence-electron chi connectivity index (χ2n) is 4.35. The number of hydrogen-bond acceptors (Lipinski definition) is 4. The molecule has 116 valence electrons. The summed E-state index contributed by atoms with van der Waals surface area (Å²) in [6, 6.07) is 4.82. The number of pyridine rings is 1. The van der Waals surface area contributed by atoms with Crippen LogP contribution in [0.4, 0.5) is 19.0 Å². The van der Waals surface area contributed by atoms with E-state index >= 15 is 0 Å². The van der Waals surface area contributed by atoms with Crippen molar-refractivity contribution in [3.8, 4) is 0 Å². The summed E-state index contributed by atoms with van der Waals surface area (Å²) in [5, 5.41) is -0.273. The van der Waals surface area contributed by atoms with Gasteiger partial charge >= 0.3 is 6.18 Å². The summed E-state index contributed by atoms with van der Waals surface area (Å²) in [4.78, 5) is 3.89. The molecule has 2 heterocycles. The number of aromatic nitrogens is 2. The van der Waals surface area contributed by atoms with Gasteiger partial charge < -0.3 is 5.73 Å². The SMILES string of the molecule is Nc1nc2ccccn2c1S(=O)(=O)NCCCC(F)(F)F. The number of anilines is 1. The summed E-state index contributed by atoms with van der Waals surface area (Å²) in [5.41, 5.74) is 5.92. The maximum Gasteiger partial charge on any atom is 0.389 e. The fourth-order valence-corrected chi connectivity index (χ4v) is 3.11. The summed E-state index contributed by atoms with van der Waals surface area (Å²) in [6.45, 7) is -0.332. The second kappa shape index (κ2) is 5.53. The third-order valence-electron chi connectivity index (χ3n) is 2.69. The third kappa shape index (κ3) is 3.64. The van der Waals surface area contributed by atoms with Crippen LogP contribution in [0.2, 0.25) is 0 Å². The molecule has 0 saturated heterocycles. The van der Waals surface area contributed by atoms with Crippen LogP contribution in [-0.2, 0) is 10.0 Å². The Hall–Kier alpha value is -1.81. The smallest absolute Gasteiger partial charge is 0.381 e. The summed E-state index contributed by atoms with van der Waals surface area (Å²) >= 11 is 0. The minimum atomic E-state index is -4.31. The average molecular weight is 322 g/mol. The van der Waals surface area contributed by atoms with Gasteiger partial charge in [-0.15, -0.1) is 0 Å². The van der Waals surface area contributed by atoms with Crippen LogP contribution in [0, 0.1) is 0 Å². The largest absolute Gasteiger partial charge is 0.389 e. The van der Waals surface area contributed by atoms with Gasteiger partial charge in [-0.1, -0.05) is 6.07 Å². The molecule has 0 bridgehead atoms. The highest BCUT2D eigenvalue weighted by molar-refractivity contribution is 7.89. The van der Waals surface area contributed by atoms with E-state index < -0.39 is 22.6 Å². The van der Waals surface area contributed by atoms with E-state index in [0.29, 0.717) is 5.65 Å². The van der Waals surface area contributed by atoms with Crippen molar-refractivity contribution in [1.29, 1.82) is 0 Å². The third-order valence-corrected chi connectivity index (χ3v) is 4.19. The highest BCUT2D eigenvalue weighted by Crippen LogP contribution is 2.22. The molecule has 0 atom stereocenters. The van der Waals surface area contributed by atoms with Gasteiger partial charge in [-0.05, 0) is 18.6 Å². The first-order chi connectivity index (χ1) is 9.71. The first-order valence-electron chi connectivity index (χ1n) is 6.00. The van der Waals surface area contributed by atoms with Crippen LogP contribution in [0.25, 0.3) is 5.65 Å². The van der Waals surface area contributed by atoms with Crippen LogP contribution >= 0.6 is 0 Å². The van der Waals surface area contributed by atoms with E-state index in [0.717, 1.165) is 0 Å². The molecule has 6 nitrogen and oxygen atoms in total. The number of imidazole rings is 1. The first kappa shape index (κ1) is 15.6. The van der Waals surface area contributed by atoms with Crippen molar-refractivity contribution in [3.05, 3.63) is 24.4 Å². The molecule has 0 radical (unpaired) electrons. The topological polar surface area (TPSA) is 89.5 Å². The van der Waals surface area contributed by atoms with Crippen molar-refractivity contribution < 1.29 is 21.6 Å². The monoisotopic (exact) mass is 322 g/mol. The molecule has 0 amide bonds. The predicted molar refractivity (Wildman–Crippen MR) is 70.1 cm³/mol. The maximum absolute atomic E-state index is 12.1. The summed E-state index contributed by atoms with van der Waals surface area (Å²) in [6.07, 6.45) is -4.26. The van der Waals surface area contributed by atoms with Gasteiger partial charge in [0.2, 0.25) is 0 Å². The van der Waals surface area contributed by atoms with Crippen LogP contribution in [0.1, 0.15) is 12.8 Å². The lowest BCUT2D eigenvalue weighted by atomic mass is 10.3. The van der Waals surface area contributed by atoms with E-state index in [1.54, 1.807) is 18.2 Å². The quantitative estimate of drug-likeness (QED) is 0.817. The van der Waals surface area contributed by atoms with Gasteiger partial charge in [0.15, 0.2) is 10.8 Å². The molecule has 2 aromatic rings. The van der Waals surface area contributed by atoms with E-state index in [1.165, 1.54) is 10.6 Å². The van der Waals surface area contributed by atoms with Gasteiger partial charge in [0, 0.05) is 19.2 Å². The van der Waals surface area contributed by atoms with E-state index in [-0.39, 0.29) is 23.8 Å². The molecule has 0 aliphatic heterocycles. The van der Waals surface area contributed by atoms with Gasteiger partial charge in [-0.25, -0.2) is 18.1 Å². The number of rotatable bonds is 5. The molecule has 0 fully saturated rings. The molecule has 10 heteroatoms. The second-order valence-corrected chi connectivity index (χ2v) is 6.03. The van der Waals surface area contributed by atoms with E-state index in [2.05, 4.69) is 9.71 Å². The van der Waals surface area contributed by atoms with E-state index in [4.69, 9.17) is 5.73 Å². The molecule has 0 saturated carbocycles. The molecule has 2 aromatic heterocycles. The molecular formula is C11H13F3N4O2S. The molecule has 0 aliphatic rings. The van der Waals surface area contributed by atoms with Crippen molar-refractivity contribution in [1.82, 2.24) is 14.1 Å². The number of nitrogens with two attached hydrogens (primary N) is 1. The number of sulfonamides is 1. The molecule has 0 unspecified atom stereocenters. The predicted octanol–water partition coefficient (Wildman–Crippen LogP) is 1.54. The molecule has 21 heavy (non-hydrogen) atoms. The summed E-state index contributed by atoms with van der Waals surface area (Å²) in [5.74, 6) is -0.204. The molecule has 2 rings (SSSR count). The molecular weight excluding hydrogens is 309 g/mol. The van der Waals surface area contributed by atoms with Gasteiger partial charge in [0.1, 0.15) is 5.65 Å². The van der Waals surface area contributed by atoms with Crippen LogP contribution in [0.3, 0.4) is 0 Å². The number of alkyl halides is 3. The normalized spacial score (nSPS) is 12.9. The Bertz CT molecular complexity index is 739. The minimum absolute atomic E-state index is 0.204. The molecule has 0 aromatic carbocycles. The fourth-order valence-electron chi connectivity index (χ4n) is 1.82. The van der Waals surface area contributed by atoms with Crippen molar-refractivity contribution in [3.63, 3.8) is 0 Å². The first-order valence-corrected chi connectivity index (χ1v) is 7.48. The van der Waals surface area contributed by atoms with Crippen LogP contribution in [0.15, 0.2) is 29.4 Å². The lowest BCUT2D eigenvalue weighted by Crippen LogP contribution is -2.27. The number of nitrogens with zero attached hydrogens (tertiary/aromatic N) is 2. The minimum Gasteiger partial charge on any atom is -0.381 e. The highest BCUT2D eigenvalue weighted by Gasteiger charge is 2.27. The van der Waals surface area contributed by atoms with Crippen molar-refractivity contribution in [2.24, 2.45) is 0 Å². The van der Waals surface area contributed by atoms with Crippen LogP contribution < -0.4 is 10.5 Å². The Morgan fingerprint density at radius 2 is 2.05 bits per heavy atom. The lowest BCUT2D eigenvalue weighted by molar-refractivity contribution is -0.135. The van der Waals surface area contributed by atoms with Gasteiger partial charge in [0.05, 0.1) is 0 Å². The van der Waals surface area contributed by atoms with Crippen molar-refractivity contribution in [2.45, 2.75) is 24.0 Å². The number of halogens is 3. The zero-order chi connectivity index (χ0) is 15.7. The van der Waals surface area contributed by atoms with E-state index in [9.17, 15) is 21.6 Å². The maximum atomic E-state index is 12.1. The lowest BCUT2D eigenvalue weighted by Gasteiger charge is -2.08. The highest BCUT2D eigenvalue weighted by atomic mass is 32.2. The van der Waals surface area contributed by atoms with Gasteiger partial charge in [-0.2, -0.15) is 13.2 Å².